The molecule has 0 aromatic rings. The van der Waals surface area contributed by atoms with E-state index in [1.165, 1.54) is 0 Å². The van der Waals surface area contributed by atoms with Crippen molar-refractivity contribution >= 4 is 23.2 Å². The first-order chi connectivity index (χ1) is 11.7. The molecule has 0 N–H and O–H groups in total. The molecule has 0 bridgehead atoms. The van der Waals surface area contributed by atoms with E-state index in [-0.39, 0.29) is 12.1 Å². The summed E-state index contributed by atoms with van der Waals surface area (Å²) in [6.45, 7) is 11.2. The Kier molecular flexibility index (Phi) is 5.71. The van der Waals surface area contributed by atoms with Gasteiger partial charge in [-0.2, -0.15) is 8.78 Å². The molecule has 1 saturated heterocycles. The molecule has 5 nitrogen and oxygen atoms in total. The van der Waals surface area contributed by atoms with Crippen LogP contribution >= 0.6 is 0 Å². The van der Waals surface area contributed by atoms with Gasteiger partial charge in [-0.05, 0) is 60.8 Å². The average molecular weight is 393 g/mol. The first-order valence-electron chi connectivity index (χ1n) is 9.04. The maximum atomic E-state index is 14.5. The molecule has 1 atom stereocenters. The number of rotatable bonds is 1. The van der Waals surface area contributed by atoms with Crippen molar-refractivity contribution in [1.29, 1.82) is 0 Å². The third-order valence-corrected chi connectivity index (χ3v) is 6.23. The number of nitrogens with zero attached hydrogens (tertiary/aromatic N) is 2. The fourth-order valence-electron chi connectivity index (χ4n) is 3.34. The van der Waals surface area contributed by atoms with Crippen LogP contribution in [0.3, 0.4) is 0 Å². The number of hydrogen-bond acceptors (Lipinski definition) is 4. The highest BCUT2D eigenvalue weighted by atomic mass is 32.2. The van der Waals surface area contributed by atoms with Gasteiger partial charge in [0.05, 0.1) is 0 Å². The molecule has 2 fully saturated rings. The van der Waals surface area contributed by atoms with E-state index in [1.807, 2.05) is 0 Å². The van der Waals surface area contributed by atoms with Crippen molar-refractivity contribution in [2.24, 2.45) is 9.81 Å². The van der Waals surface area contributed by atoms with E-state index < -0.39 is 39.1 Å². The standard InChI is InChI=1S/C18H30F2N2O3S/c1-15(2,3)25-14(23)22-11-9-17(10-12-22)7-8-18(19,20)13(17)21-26(24)16(4,5)6/h7-12H2,1-6H3/b21-13-. The van der Waals surface area contributed by atoms with E-state index >= 15 is 0 Å². The summed E-state index contributed by atoms with van der Waals surface area (Å²) >= 11 is -1.73. The highest BCUT2D eigenvalue weighted by Gasteiger charge is 2.58. The lowest BCUT2D eigenvalue weighted by molar-refractivity contribution is 0.0156. The summed E-state index contributed by atoms with van der Waals surface area (Å²) in [4.78, 5) is 13.8. The van der Waals surface area contributed by atoms with Gasteiger partial charge < -0.3 is 14.2 Å². The lowest BCUT2D eigenvalue weighted by atomic mass is 9.75. The molecule has 1 heterocycles. The number of halogens is 2. The SMILES string of the molecule is CC(C)(C)OC(=O)N1CCC2(CC1)CCC(F)(F)/C2=N\[S+]([O-])C(C)(C)C. The van der Waals surface area contributed by atoms with Crippen LogP contribution in [0.5, 0.6) is 0 Å². The number of carbonyl (C=O) groups is 1. The molecule has 150 valence electrons. The highest BCUT2D eigenvalue weighted by Crippen LogP contribution is 2.51. The van der Waals surface area contributed by atoms with Gasteiger partial charge in [0.2, 0.25) is 0 Å². The number of ether oxygens (including phenoxy) is 1. The fraction of sp³-hybridized carbons (Fsp3) is 0.889. The van der Waals surface area contributed by atoms with Crippen LogP contribution in [-0.2, 0) is 16.1 Å². The van der Waals surface area contributed by atoms with Gasteiger partial charge >= 0.3 is 6.09 Å². The Balaban J connectivity index is 2.17. The van der Waals surface area contributed by atoms with Gasteiger partial charge in [0, 0.05) is 24.9 Å². The summed E-state index contributed by atoms with van der Waals surface area (Å²) in [5.74, 6) is -3.03. The van der Waals surface area contributed by atoms with Gasteiger partial charge in [0.25, 0.3) is 5.92 Å². The minimum atomic E-state index is -3.03. The Bertz CT molecular complexity index is 574. The molecule has 0 radical (unpaired) electrons. The normalized spacial score (nSPS) is 25.6. The van der Waals surface area contributed by atoms with Crippen molar-refractivity contribution in [2.75, 3.05) is 13.1 Å². The maximum Gasteiger partial charge on any atom is 0.410 e. The van der Waals surface area contributed by atoms with E-state index in [9.17, 15) is 18.1 Å². The third-order valence-electron chi connectivity index (χ3n) is 4.84. The molecule has 1 amide bonds. The Morgan fingerprint density at radius 3 is 2.12 bits per heavy atom. The van der Waals surface area contributed by atoms with Gasteiger partial charge in [-0.1, -0.05) is 4.40 Å². The van der Waals surface area contributed by atoms with Crippen LogP contribution in [0.1, 0.15) is 67.2 Å². The summed E-state index contributed by atoms with van der Waals surface area (Å²) in [7, 11) is 0. The molecule has 1 aliphatic heterocycles. The quantitative estimate of drug-likeness (QED) is 0.624. The number of carbonyl (C=O) groups excluding carboxylic acids is 1. The number of hydrogen-bond donors (Lipinski definition) is 0. The summed E-state index contributed by atoms with van der Waals surface area (Å²) in [5.41, 5.74) is -1.60. The van der Waals surface area contributed by atoms with Crippen molar-refractivity contribution in [3.05, 3.63) is 0 Å². The summed E-state index contributed by atoms with van der Waals surface area (Å²) in [6.07, 6.45) is 0.389. The second kappa shape index (κ2) is 6.93. The van der Waals surface area contributed by atoms with Gasteiger partial charge in [0.1, 0.15) is 27.4 Å². The number of alkyl halides is 2. The second-order valence-electron chi connectivity index (χ2n) is 9.25. The molecule has 26 heavy (non-hydrogen) atoms. The molecule has 1 spiro atoms. The van der Waals surface area contributed by atoms with E-state index in [4.69, 9.17) is 4.74 Å². The van der Waals surface area contributed by atoms with E-state index in [0.717, 1.165) is 0 Å². The monoisotopic (exact) mass is 392 g/mol. The lowest BCUT2D eigenvalue weighted by Crippen LogP contribution is -2.48. The second-order valence-corrected chi connectivity index (χ2v) is 11.2. The molecule has 0 aromatic carbocycles. The maximum absolute atomic E-state index is 14.5. The number of likely N-dealkylation sites (tertiary alicyclic amines) is 1. The molecule has 1 saturated carbocycles. The lowest BCUT2D eigenvalue weighted by Gasteiger charge is -2.39. The molecule has 1 aliphatic carbocycles. The van der Waals surface area contributed by atoms with Gasteiger partial charge in [-0.3, -0.25) is 0 Å². The molecule has 2 aliphatic rings. The molecular weight excluding hydrogens is 362 g/mol. The van der Waals surface area contributed by atoms with Crippen molar-refractivity contribution in [3.8, 4) is 0 Å². The van der Waals surface area contributed by atoms with Gasteiger partial charge in [0.15, 0.2) is 0 Å². The molecule has 8 heteroatoms. The zero-order valence-corrected chi connectivity index (χ0v) is 17.3. The van der Waals surface area contributed by atoms with Gasteiger partial charge in [-0.15, -0.1) is 0 Å². The van der Waals surface area contributed by atoms with Crippen LogP contribution in [0.25, 0.3) is 0 Å². The van der Waals surface area contributed by atoms with Crippen LogP contribution in [-0.4, -0.2) is 50.6 Å². The minimum Gasteiger partial charge on any atom is -0.591 e. The Morgan fingerprint density at radius 1 is 1.12 bits per heavy atom. The van der Waals surface area contributed by atoms with Gasteiger partial charge in [-0.25, -0.2) is 4.79 Å². The van der Waals surface area contributed by atoms with Crippen LogP contribution in [0.2, 0.25) is 0 Å². The molecule has 2 rings (SSSR count). The predicted molar refractivity (Wildman–Crippen MR) is 99.0 cm³/mol. The van der Waals surface area contributed by atoms with Crippen LogP contribution in [0, 0.1) is 5.41 Å². The van der Waals surface area contributed by atoms with Crippen LogP contribution in [0.15, 0.2) is 4.40 Å². The molecular formula is C18H30F2N2O3S. The smallest absolute Gasteiger partial charge is 0.410 e. The Morgan fingerprint density at radius 2 is 1.65 bits per heavy atom. The first kappa shape index (κ1) is 21.4. The fourth-order valence-corrected chi connectivity index (χ4v) is 4.10. The predicted octanol–water partition coefficient (Wildman–Crippen LogP) is 4.34. The Labute approximate surface area is 157 Å². The highest BCUT2D eigenvalue weighted by molar-refractivity contribution is 7.91. The largest absolute Gasteiger partial charge is 0.591 e. The van der Waals surface area contributed by atoms with E-state index in [2.05, 4.69) is 4.40 Å². The number of amides is 1. The zero-order valence-electron chi connectivity index (χ0n) is 16.5. The zero-order chi connectivity index (χ0) is 20.0. The van der Waals surface area contributed by atoms with Crippen LogP contribution in [0.4, 0.5) is 13.6 Å². The molecule has 1 unspecified atom stereocenters. The topological polar surface area (TPSA) is 65.0 Å². The number of piperidine rings is 1. The summed E-state index contributed by atoms with van der Waals surface area (Å²) < 4.78 is 50.0. The molecule has 0 aromatic heterocycles. The van der Waals surface area contributed by atoms with Crippen molar-refractivity contribution in [2.45, 2.75) is 83.5 Å². The van der Waals surface area contributed by atoms with Crippen molar-refractivity contribution < 1.29 is 22.9 Å². The van der Waals surface area contributed by atoms with Crippen LogP contribution < -0.4 is 0 Å². The van der Waals surface area contributed by atoms with E-state index in [0.29, 0.717) is 32.4 Å². The third kappa shape index (κ3) is 4.68. The van der Waals surface area contributed by atoms with Crippen molar-refractivity contribution in [3.63, 3.8) is 0 Å². The average Bonchev–Trinajstić information content (AvgIpc) is 2.70. The Hall–Kier alpha value is -0.890. The van der Waals surface area contributed by atoms with Crippen molar-refractivity contribution in [1.82, 2.24) is 4.90 Å². The summed E-state index contributed by atoms with van der Waals surface area (Å²) in [6, 6.07) is 0. The summed E-state index contributed by atoms with van der Waals surface area (Å²) in [5, 5.41) is 0. The van der Waals surface area contributed by atoms with E-state index in [1.54, 1.807) is 46.4 Å². The first-order valence-corrected chi connectivity index (χ1v) is 10.1. The minimum absolute atomic E-state index is 0.234.